The van der Waals surface area contributed by atoms with E-state index in [4.69, 9.17) is 5.73 Å². The highest BCUT2D eigenvalue weighted by Gasteiger charge is 2.18. The third-order valence-electron chi connectivity index (χ3n) is 3.96. The minimum atomic E-state index is -0.0757. The molecule has 19 heavy (non-hydrogen) atoms. The number of nitrogens with two attached hydrogens (primary N) is 1. The van der Waals surface area contributed by atoms with Gasteiger partial charge in [0.2, 0.25) is 0 Å². The molecular formula is C15H20N4. The van der Waals surface area contributed by atoms with Gasteiger partial charge in [0.25, 0.3) is 0 Å². The van der Waals surface area contributed by atoms with E-state index in [9.17, 15) is 0 Å². The van der Waals surface area contributed by atoms with Crippen molar-refractivity contribution in [3.05, 3.63) is 40.7 Å². The number of benzene rings is 1. The van der Waals surface area contributed by atoms with Gasteiger partial charge in [-0.2, -0.15) is 0 Å². The molecule has 0 aliphatic heterocycles. The van der Waals surface area contributed by atoms with Crippen LogP contribution in [0.5, 0.6) is 0 Å². The molecule has 0 bridgehead atoms. The van der Waals surface area contributed by atoms with Crippen LogP contribution >= 0.6 is 0 Å². The van der Waals surface area contributed by atoms with Gasteiger partial charge in [-0.25, -0.2) is 4.68 Å². The first-order valence-corrected chi connectivity index (χ1v) is 6.97. The van der Waals surface area contributed by atoms with Crippen LogP contribution in [0.3, 0.4) is 0 Å². The Labute approximate surface area is 113 Å². The van der Waals surface area contributed by atoms with E-state index in [-0.39, 0.29) is 6.04 Å². The second-order valence-corrected chi connectivity index (χ2v) is 5.38. The van der Waals surface area contributed by atoms with E-state index < -0.39 is 0 Å². The van der Waals surface area contributed by atoms with Gasteiger partial charge in [0.1, 0.15) is 5.69 Å². The Balaban J connectivity index is 2.12. The number of hydrogen-bond donors (Lipinski definition) is 1. The summed E-state index contributed by atoms with van der Waals surface area (Å²) in [7, 11) is 0. The van der Waals surface area contributed by atoms with Crippen LogP contribution in [0.1, 0.15) is 48.3 Å². The van der Waals surface area contributed by atoms with Gasteiger partial charge in [-0.1, -0.05) is 17.3 Å². The number of aryl methyl sites for hydroxylation is 1. The molecule has 0 saturated carbocycles. The summed E-state index contributed by atoms with van der Waals surface area (Å²) >= 11 is 0. The van der Waals surface area contributed by atoms with Crippen LogP contribution in [0.4, 0.5) is 0 Å². The summed E-state index contributed by atoms with van der Waals surface area (Å²) in [5.74, 6) is 0. The summed E-state index contributed by atoms with van der Waals surface area (Å²) < 4.78 is 1.95. The van der Waals surface area contributed by atoms with Crippen molar-refractivity contribution in [3.8, 4) is 5.69 Å². The lowest BCUT2D eigenvalue weighted by molar-refractivity contribution is 0.671. The highest BCUT2D eigenvalue weighted by Crippen LogP contribution is 2.28. The molecule has 1 aromatic heterocycles. The molecule has 2 N–H and O–H groups in total. The molecule has 1 unspecified atom stereocenters. The summed E-state index contributed by atoms with van der Waals surface area (Å²) in [6, 6.07) is 6.41. The van der Waals surface area contributed by atoms with Gasteiger partial charge >= 0.3 is 0 Å². The van der Waals surface area contributed by atoms with Crippen LogP contribution in [0, 0.1) is 6.92 Å². The molecule has 0 spiro atoms. The van der Waals surface area contributed by atoms with Crippen LogP contribution in [-0.4, -0.2) is 15.0 Å². The van der Waals surface area contributed by atoms with Crippen molar-refractivity contribution in [1.29, 1.82) is 0 Å². The molecule has 4 heteroatoms. The van der Waals surface area contributed by atoms with Gasteiger partial charge in [-0.3, -0.25) is 0 Å². The highest BCUT2D eigenvalue weighted by atomic mass is 15.4. The Morgan fingerprint density at radius 2 is 2.05 bits per heavy atom. The van der Waals surface area contributed by atoms with Crippen LogP contribution < -0.4 is 5.73 Å². The van der Waals surface area contributed by atoms with Gasteiger partial charge in [0.05, 0.1) is 11.4 Å². The predicted molar refractivity (Wildman–Crippen MR) is 75.3 cm³/mol. The smallest absolute Gasteiger partial charge is 0.102 e. The quantitative estimate of drug-likeness (QED) is 0.898. The molecule has 1 atom stereocenters. The zero-order valence-electron chi connectivity index (χ0n) is 11.6. The van der Waals surface area contributed by atoms with Crippen molar-refractivity contribution < 1.29 is 0 Å². The standard InChI is InChI=1S/C15H20N4/c1-10(16)15-11(2)19(18-17-15)14-9-5-7-12-6-3-4-8-13(12)14/h5,7,9-10H,3-4,6,8,16H2,1-2H3. The maximum atomic E-state index is 5.93. The largest absolute Gasteiger partial charge is 0.323 e. The van der Waals surface area contributed by atoms with Crippen molar-refractivity contribution >= 4 is 0 Å². The van der Waals surface area contributed by atoms with E-state index in [1.165, 1.54) is 36.1 Å². The molecule has 0 fully saturated rings. The maximum Gasteiger partial charge on any atom is 0.102 e. The molecular weight excluding hydrogens is 236 g/mol. The zero-order chi connectivity index (χ0) is 13.4. The van der Waals surface area contributed by atoms with Crippen molar-refractivity contribution in [2.75, 3.05) is 0 Å². The maximum absolute atomic E-state index is 5.93. The summed E-state index contributed by atoms with van der Waals surface area (Å²) in [5, 5.41) is 8.53. The number of aromatic nitrogens is 3. The number of rotatable bonds is 2. The van der Waals surface area contributed by atoms with Gasteiger partial charge < -0.3 is 5.73 Å². The molecule has 100 valence electrons. The lowest BCUT2D eigenvalue weighted by Gasteiger charge is -2.19. The van der Waals surface area contributed by atoms with Crippen LogP contribution in [0.2, 0.25) is 0 Å². The van der Waals surface area contributed by atoms with E-state index in [0.717, 1.165) is 17.8 Å². The van der Waals surface area contributed by atoms with Gasteiger partial charge in [-0.15, -0.1) is 5.10 Å². The summed E-state index contributed by atoms with van der Waals surface area (Å²) in [4.78, 5) is 0. The average molecular weight is 256 g/mol. The Morgan fingerprint density at radius 3 is 2.79 bits per heavy atom. The van der Waals surface area contributed by atoms with Crippen LogP contribution in [0.25, 0.3) is 5.69 Å². The Bertz CT molecular complexity index is 598. The highest BCUT2D eigenvalue weighted by molar-refractivity contribution is 5.47. The summed E-state index contributed by atoms with van der Waals surface area (Å²) in [6.45, 7) is 3.99. The monoisotopic (exact) mass is 256 g/mol. The number of hydrogen-bond acceptors (Lipinski definition) is 3. The Morgan fingerprint density at radius 1 is 1.26 bits per heavy atom. The minimum absolute atomic E-state index is 0.0757. The van der Waals surface area contributed by atoms with E-state index in [1.807, 2.05) is 18.5 Å². The third kappa shape index (κ3) is 2.06. The van der Waals surface area contributed by atoms with Crippen molar-refractivity contribution in [1.82, 2.24) is 15.0 Å². The normalized spacial score (nSPS) is 16.2. The number of nitrogens with zero attached hydrogens (tertiary/aromatic N) is 3. The topological polar surface area (TPSA) is 56.7 Å². The molecule has 0 radical (unpaired) electrons. The van der Waals surface area contributed by atoms with Gasteiger partial charge in [0.15, 0.2) is 0 Å². The molecule has 0 amide bonds. The molecule has 1 aromatic carbocycles. The molecule has 2 aromatic rings. The SMILES string of the molecule is Cc1c(C(C)N)nnn1-c1cccc2c1CCCC2. The third-order valence-corrected chi connectivity index (χ3v) is 3.96. The summed E-state index contributed by atoms with van der Waals surface area (Å²) in [6.07, 6.45) is 4.87. The first-order valence-electron chi connectivity index (χ1n) is 6.97. The average Bonchev–Trinajstić information content (AvgIpc) is 2.80. The fourth-order valence-corrected chi connectivity index (χ4v) is 2.95. The lowest BCUT2D eigenvalue weighted by atomic mass is 9.90. The van der Waals surface area contributed by atoms with Crippen molar-refractivity contribution in [2.24, 2.45) is 5.73 Å². The molecule has 1 aliphatic carbocycles. The minimum Gasteiger partial charge on any atom is -0.323 e. The number of fused-ring (bicyclic) bond motifs is 1. The van der Waals surface area contributed by atoms with E-state index in [0.29, 0.717) is 0 Å². The fourth-order valence-electron chi connectivity index (χ4n) is 2.95. The van der Waals surface area contributed by atoms with Crippen LogP contribution in [-0.2, 0) is 12.8 Å². The van der Waals surface area contributed by atoms with Crippen LogP contribution in [0.15, 0.2) is 18.2 Å². The van der Waals surface area contributed by atoms with Gasteiger partial charge in [0, 0.05) is 6.04 Å². The Hall–Kier alpha value is -1.68. The van der Waals surface area contributed by atoms with E-state index >= 15 is 0 Å². The van der Waals surface area contributed by atoms with Crippen molar-refractivity contribution in [3.63, 3.8) is 0 Å². The second-order valence-electron chi connectivity index (χ2n) is 5.38. The fraction of sp³-hybridized carbons (Fsp3) is 0.467. The predicted octanol–water partition coefficient (Wildman–Crippen LogP) is 2.47. The molecule has 3 rings (SSSR count). The van der Waals surface area contributed by atoms with E-state index in [2.05, 4.69) is 28.5 Å². The molecule has 1 aliphatic rings. The Kier molecular flexibility index (Phi) is 3.11. The zero-order valence-corrected chi connectivity index (χ0v) is 11.6. The molecule has 0 saturated heterocycles. The van der Waals surface area contributed by atoms with E-state index in [1.54, 1.807) is 0 Å². The second kappa shape index (κ2) is 4.78. The van der Waals surface area contributed by atoms with Crippen molar-refractivity contribution in [2.45, 2.75) is 45.6 Å². The lowest BCUT2D eigenvalue weighted by Crippen LogP contribution is -2.11. The summed E-state index contributed by atoms with van der Waals surface area (Å²) in [5.41, 5.74) is 11.9. The molecule has 1 heterocycles. The first kappa shape index (κ1) is 12.4. The first-order chi connectivity index (χ1) is 9.18. The van der Waals surface area contributed by atoms with Gasteiger partial charge in [-0.05, 0) is 56.7 Å². The molecule has 4 nitrogen and oxygen atoms in total.